The predicted octanol–water partition coefficient (Wildman–Crippen LogP) is 1.82. The number of hydrogen-bond donors (Lipinski definition) is 1. The Morgan fingerprint density at radius 2 is 2.29 bits per heavy atom. The normalized spacial score (nSPS) is 14.9. The Labute approximate surface area is 103 Å². The highest BCUT2D eigenvalue weighted by Gasteiger charge is 2.24. The highest BCUT2D eigenvalue weighted by molar-refractivity contribution is 5.44. The molecule has 1 N–H and O–H groups in total. The first-order valence-corrected chi connectivity index (χ1v) is 6.52. The summed E-state index contributed by atoms with van der Waals surface area (Å²) in [4.78, 5) is 10.8. The van der Waals surface area contributed by atoms with Crippen LogP contribution in [0.2, 0.25) is 0 Å². The molecule has 1 aliphatic rings. The summed E-state index contributed by atoms with van der Waals surface area (Å²) in [5.74, 6) is 1.96. The van der Waals surface area contributed by atoms with E-state index >= 15 is 0 Å². The Kier molecular flexibility index (Phi) is 4.31. The van der Waals surface area contributed by atoms with Gasteiger partial charge in [-0.25, -0.2) is 9.97 Å². The molecule has 2 rings (SSSR count). The van der Waals surface area contributed by atoms with Crippen molar-refractivity contribution >= 4 is 5.82 Å². The van der Waals surface area contributed by atoms with Crippen molar-refractivity contribution in [1.82, 2.24) is 15.3 Å². The van der Waals surface area contributed by atoms with E-state index in [2.05, 4.69) is 34.2 Å². The second-order valence-electron chi connectivity index (χ2n) is 4.87. The highest BCUT2D eigenvalue weighted by Crippen LogP contribution is 2.30. The molecule has 0 amide bonds. The Balaban J connectivity index is 1.97. The monoisotopic (exact) mass is 234 g/mol. The molecule has 17 heavy (non-hydrogen) atoms. The van der Waals surface area contributed by atoms with Crippen molar-refractivity contribution in [2.45, 2.75) is 32.7 Å². The molecule has 0 radical (unpaired) electrons. The van der Waals surface area contributed by atoms with Gasteiger partial charge in [-0.3, -0.25) is 0 Å². The van der Waals surface area contributed by atoms with Gasteiger partial charge in [-0.05, 0) is 31.7 Å². The third-order valence-corrected chi connectivity index (χ3v) is 3.10. The SMILES string of the molecule is CCCNCc1cncnc1N(C)CC1CC1. The van der Waals surface area contributed by atoms with Crippen LogP contribution in [0.25, 0.3) is 0 Å². The van der Waals surface area contributed by atoms with Crippen LogP contribution >= 0.6 is 0 Å². The number of anilines is 1. The van der Waals surface area contributed by atoms with Crippen molar-refractivity contribution in [3.63, 3.8) is 0 Å². The lowest BCUT2D eigenvalue weighted by atomic mass is 10.2. The lowest BCUT2D eigenvalue weighted by Gasteiger charge is -2.20. The van der Waals surface area contributed by atoms with Gasteiger partial charge in [0, 0.05) is 31.9 Å². The topological polar surface area (TPSA) is 41.1 Å². The number of aromatic nitrogens is 2. The van der Waals surface area contributed by atoms with Crippen molar-refractivity contribution < 1.29 is 0 Å². The van der Waals surface area contributed by atoms with Crippen LogP contribution in [0.1, 0.15) is 31.7 Å². The molecule has 0 atom stereocenters. The van der Waals surface area contributed by atoms with E-state index in [4.69, 9.17) is 0 Å². The van der Waals surface area contributed by atoms with E-state index in [1.165, 1.54) is 18.4 Å². The third kappa shape index (κ3) is 3.66. The smallest absolute Gasteiger partial charge is 0.136 e. The van der Waals surface area contributed by atoms with E-state index in [9.17, 15) is 0 Å². The zero-order valence-electron chi connectivity index (χ0n) is 10.8. The van der Waals surface area contributed by atoms with Crippen molar-refractivity contribution in [3.05, 3.63) is 18.1 Å². The second-order valence-corrected chi connectivity index (χ2v) is 4.87. The minimum Gasteiger partial charge on any atom is -0.359 e. The molecule has 0 aromatic carbocycles. The van der Waals surface area contributed by atoms with Crippen LogP contribution in [-0.4, -0.2) is 30.1 Å². The molecule has 4 heteroatoms. The van der Waals surface area contributed by atoms with Gasteiger partial charge in [-0.1, -0.05) is 6.92 Å². The van der Waals surface area contributed by atoms with Crippen LogP contribution in [0.15, 0.2) is 12.5 Å². The summed E-state index contributed by atoms with van der Waals surface area (Å²) in [5.41, 5.74) is 1.20. The first-order valence-electron chi connectivity index (χ1n) is 6.52. The Morgan fingerprint density at radius 3 is 3.00 bits per heavy atom. The van der Waals surface area contributed by atoms with E-state index in [-0.39, 0.29) is 0 Å². The Hall–Kier alpha value is -1.16. The van der Waals surface area contributed by atoms with Crippen molar-refractivity contribution in [2.75, 3.05) is 25.0 Å². The van der Waals surface area contributed by atoms with E-state index < -0.39 is 0 Å². The van der Waals surface area contributed by atoms with E-state index in [1.54, 1.807) is 6.33 Å². The van der Waals surface area contributed by atoms with Crippen LogP contribution in [0, 0.1) is 5.92 Å². The van der Waals surface area contributed by atoms with E-state index in [0.717, 1.165) is 37.8 Å². The standard InChI is InChI=1S/C13H22N4/c1-3-6-14-7-12-8-15-10-16-13(12)17(2)9-11-4-5-11/h8,10-11,14H,3-7,9H2,1-2H3. The maximum atomic E-state index is 4.41. The van der Waals surface area contributed by atoms with Crippen molar-refractivity contribution in [1.29, 1.82) is 0 Å². The van der Waals surface area contributed by atoms with Gasteiger partial charge in [-0.15, -0.1) is 0 Å². The van der Waals surface area contributed by atoms with Crippen LogP contribution in [-0.2, 0) is 6.54 Å². The van der Waals surface area contributed by atoms with Crippen LogP contribution in [0.4, 0.5) is 5.82 Å². The summed E-state index contributed by atoms with van der Waals surface area (Å²) >= 11 is 0. The molecule has 1 saturated carbocycles. The molecule has 4 nitrogen and oxygen atoms in total. The summed E-state index contributed by atoms with van der Waals surface area (Å²) in [6, 6.07) is 0. The second kappa shape index (κ2) is 5.96. The molecule has 0 aliphatic heterocycles. The quantitative estimate of drug-likeness (QED) is 0.731. The van der Waals surface area contributed by atoms with E-state index in [1.807, 2.05) is 6.20 Å². The minimum atomic E-state index is 0.860. The largest absolute Gasteiger partial charge is 0.359 e. The Morgan fingerprint density at radius 1 is 1.47 bits per heavy atom. The molecule has 1 aliphatic carbocycles. The van der Waals surface area contributed by atoms with Gasteiger partial charge in [0.2, 0.25) is 0 Å². The van der Waals surface area contributed by atoms with Crippen LogP contribution in [0.3, 0.4) is 0 Å². The molecule has 1 heterocycles. The number of hydrogen-bond acceptors (Lipinski definition) is 4. The first-order chi connectivity index (χ1) is 8.31. The number of rotatable bonds is 7. The maximum absolute atomic E-state index is 4.41. The van der Waals surface area contributed by atoms with Gasteiger partial charge in [-0.2, -0.15) is 0 Å². The van der Waals surface area contributed by atoms with Crippen molar-refractivity contribution in [3.8, 4) is 0 Å². The summed E-state index contributed by atoms with van der Waals surface area (Å²) in [6.45, 7) is 5.20. The molecular formula is C13H22N4. The average molecular weight is 234 g/mol. The fourth-order valence-electron chi connectivity index (χ4n) is 1.99. The molecule has 0 unspecified atom stereocenters. The van der Waals surface area contributed by atoms with Gasteiger partial charge in [0.15, 0.2) is 0 Å². The van der Waals surface area contributed by atoms with Gasteiger partial charge >= 0.3 is 0 Å². The zero-order valence-corrected chi connectivity index (χ0v) is 10.8. The van der Waals surface area contributed by atoms with Gasteiger partial charge in [0.25, 0.3) is 0 Å². The number of nitrogens with one attached hydrogen (secondary N) is 1. The van der Waals surface area contributed by atoms with E-state index in [0.29, 0.717) is 0 Å². The van der Waals surface area contributed by atoms with Gasteiger partial charge < -0.3 is 10.2 Å². The minimum absolute atomic E-state index is 0.860. The molecule has 0 bridgehead atoms. The van der Waals surface area contributed by atoms with Crippen LogP contribution < -0.4 is 10.2 Å². The average Bonchev–Trinajstić information content (AvgIpc) is 3.14. The molecule has 0 saturated heterocycles. The lowest BCUT2D eigenvalue weighted by molar-refractivity contribution is 0.667. The third-order valence-electron chi connectivity index (χ3n) is 3.10. The summed E-state index contributed by atoms with van der Waals surface area (Å²) in [7, 11) is 2.13. The van der Waals surface area contributed by atoms with Gasteiger partial charge in [0.1, 0.15) is 12.1 Å². The fourth-order valence-corrected chi connectivity index (χ4v) is 1.99. The zero-order chi connectivity index (χ0) is 12.1. The van der Waals surface area contributed by atoms with Gasteiger partial charge in [0.05, 0.1) is 0 Å². The predicted molar refractivity (Wildman–Crippen MR) is 70.0 cm³/mol. The first kappa shape index (κ1) is 12.3. The van der Waals surface area contributed by atoms with Crippen LogP contribution in [0.5, 0.6) is 0 Å². The molecule has 1 fully saturated rings. The highest BCUT2D eigenvalue weighted by atomic mass is 15.2. The Bertz CT molecular complexity index is 349. The molecule has 0 spiro atoms. The molecule has 94 valence electrons. The number of nitrogens with zero attached hydrogens (tertiary/aromatic N) is 3. The fraction of sp³-hybridized carbons (Fsp3) is 0.692. The summed E-state index contributed by atoms with van der Waals surface area (Å²) < 4.78 is 0. The summed E-state index contributed by atoms with van der Waals surface area (Å²) in [6.07, 6.45) is 7.47. The van der Waals surface area contributed by atoms with Crippen molar-refractivity contribution in [2.24, 2.45) is 5.92 Å². The maximum Gasteiger partial charge on any atom is 0.136 e. The molecular weight excluding hydrogens is 212 g/mol. The summed E-state index contributed by atoms with van der Waals surface area (Å²) in [5, 5.41) is 3.41. The lowest BCUT2D eigenvalue weighted by Crippen LogP contribution is -2.24. The molecule has 1 aromatic heterocycles. The molecule has 1 aromatic rings.